The summed E-state index contributed by atoms with van der Waals surface area (Å²) in [5, 5.41) is 5.56. The Balaban J connectivity index is 1.49. The van der Waals surface area contributed by atoms with Gasteiger partial charge in [-0.3, -0.25) is 14.7 Å². The van der Waals surface area contributed by atoms with Crippen molar-refractivity contribution in [2.24, 2.45) is 0 Å². The monoisotopic (exact) mass is 491 g/mol. The van der Waals surface area contributed by atoms with Crippen LogP contribution in [0.3, 0.4) is 0 Å². The van der Waals surface area contributed by atoms with Crippen molar-refractivity contribution in [3.05, 3.63) is 58.3 Å². The number of alkyl halides is 1. The molecule has 3 heterocycles. The van der Waals surface area contributed by atoms with Crippen LogP contribution in [0.4, 0.5) is 10.1 Å². The van der Waals surface area contributed by atoms with E-state index in [0.29, 0.717) is 59.1 Å². The fourth-order valence-corrected chi connectivity index (χ4v) is 4.31. The largest absolute Gasteiger partial charge is 0.489 e. The van der Waals surface area contributed by atoms with Crippen molar-refractivity contribution >= 4 is 35.2 Å². The highest BCUT2D eigenvalue weighted by Gasteiger charge is 2.29. The van der Waals surface area contributed by atoms with E-state index in [1.807, 2.05) is 37.3 Å². The third-order valence-corrected chi connectivity index (χ3v) is 6.42. The van der Waals surface area contributed by atoms with Crippen LogP contribution in [0.2, 0.25) is 10.0 Å². The van der Waals surface area contributed by atoms with Gasteiger partial charge in [-0.15, -0.1) is 0 Å². The number of rotatable bonds is 8. The molecule has 1 saturated heterocycles. The lowest BCUT2D eigenvalue weighted by atomic mass is 10.2. The van der Waals surface area contributed by atoms with Crippen molar-refractivity contribution in [1.82, 2.24) is 19.7 Å². The lowest BCUT2D eigenvalue weighted by Gasteiger charge is -2.38. The van der Waals surface area contributed by atoms with E-state index in [1.165, 1.54) is 0 Å². The Bertz CT molecular complexity index is 1100. The molecule has 0 N–H and O–H groups in total. The van der Waals surface area contributed by atoms with Gasteiger partial charge in [-0.2, -0.15) is 5.10 Å². The fraction of sp³-hybridized carbons (Fsp3) is 0.348. The molecule has 0 aliphatic carbocycles. The van der Waals surface area contributed by atoms with E-state index in [2.05, 4.69) is 19.9 Å². The molecular formula is C23H24Cl2FN5O2. The van der Waals surface area contributed by atoms with Gasteiger partial charge in [-0.05, 0) is 31.2 Å². The van der Waals surface area contributed by atoms with Crippen molar-refractivity contribution in [3.8, 4) is 17.1 Å². The Morgan fingerprint density at radius 3 is 2.64 bits per heavy atom. The number of aldehydes is 1. The van der Waals surface area contributed by atoms with E-state index in [0.717, 1.165) is 12.0 Å². The van der Waals surface area contributed by atoms with Crippen molar-refractivity contribution < 1.29 is 13.9 Å². The molecule has 3 aromatic rings. The van der Waals surface area contributed by atoms with Gasteiger partial charge >= 0.3 is 0 Å². The molecule has 1 aromatic carbocycles. The molecule has 7 nitrogen and oxygen atoms in total. The van der Waals surface area contributed by atoms with Gasteiger partial charge in [0.1, 0.15) is 24.7 Å². The van der Waals surface area contributed by atoms with Gasteiger partial charge in [-0.25, -0.2) is 9.07 Å². The number of nitrogens with zero attached hydrogens (tertiary/aromatic N) is 5. The Morgan fingerprint density at radius 2 is 1.97 bits per heavy atom. The normalized spacial score (nSPS) is 15.5. The SMILES string of the molecule is Cc1c(Cl)c(-c2ccccn2)nn1C(C=O)N1CCN(c2ccc(Cl)c(OCCF)c2)CC1. The van der Waals surface area contributed by atoms with Gasteiger partial charge < -0.3 is 9.64 Å². The number of halogens is 3. The number of aromatic nitrogens is 3. The summed E-state index contributed by atoms with van der Waals surface area (Å²) in [5.41, 5.74) is 2.87. The molecule has 1 atom stereocenters. The predicted molar refractivity (Wildman–Crippen MR) is 127 cm³/mol. The average Bonchev–Trinajstić information content (AvgIpc) is 3.14. The van der Waals surface area contributed by atoms with Crippen LogP contribution in [0, 0.1) is 6.92 Å². The van der Waals surface area contributed by atoms with Crippen molar-refractivity contribution in [2.75, 3.05) is 44.4 Å². The molecule has 2 aromatic heterocycles. The smallest absolute Gasteiger partial charge is 0.160 e. The molecule has 4 rings (SSSR count). The van der Waals surface area contributed by atoms with E-state index in [9.17, 15) is 9.18 Å². The molecule has 1 unspecified atom stereocenters. The second kappa shape index (κ2) is 10.5. The molecule has 174 valence electrons. The van der Waals surface area contributed by atoms with Crippen LogP contribution in [0.5, 0.6) is 5.75 Å². The maximum Gasteiger partial charge on any atom is 0.160 e. The number of hydrogen-bond donors (Lipinski definition) is 0. The summed E-state index contributed by atoms with van der Waals surface area (Å²) >= 11 is 12.7. The minimum absolute atomic E-state index is 0.0375. The van der Waals surface area contributed by atoms with Crippen molar-refractivity contribution in [2.45, 2.75) is 13.1 Å². The third-order valence-electron chi connectivity index (χ3n) is 5.66. The summed E-state index contributed by atoms with van der Waals surface area (Å²) in [5.74, 6) is 0.462. The quantitative estimate of drug-likeness (QED) is 0.434. The molecule has 0 amide bonds. The second-order valence-electron chi connectivity index (χ2n) is 7.63. The number of benzene rings is 1. The summed E-state index contributed by atoms with van der Waals surface area (Å²) in [6.07, 6.45) is 2.00. The first-order valence-electron chi connectivity index (χ1n) is 10.6. The van der Waals surface area contributed by atoms with Crippen LogP contribution < -0.4 is 9.64 Å². The molecule has 33 heavy (non-hydrogen) atoms. The first-order chi connectivity index (χ1) is 16.0. The Hall–Kier alpha value is -2.68. The van der Waals surface area contributed by atoms with Crippen molar-refractivity contribution in [1.29, 1.82) is 0 Å². The molecule has 10 heteroatoms. The lowest BCUT2D eigenvalue weighted by molar-refractivity contribution is -0.116. The van der Waals surface area contributed by atoms with Crippen LogP contribution in [-0.2, 0) is 4.79 Å². The topological polar surface area (TPSA) is 63.5 Å². The van der Waals surface area contributed by atoms with Gasteiger partial charge in [0.25, 0.3) is 0 Å². The van der Waals surface area contributed by atoms with Gasteiger partial charge in [-0.1, -0.05) is 29.3 Å². The van der Waals surface area contributed by atoms with Crippen molar-refractivity contribution in [3.63, 3.8) is 0 Å². The number of piperazine rings is 1. The summed E-state index contributed by atoms with van der Waals surface area (Å²) in [4.78, 5) is 20.7. The summed E-state index contributed by atoms with van der Waals surface area (Å²) in [6, 6.07) is 11.0. The Kier molecular flexibility index (Phi) is 7.47. The van der Waals surface area contributed by atoms with Crippen LogP contribution in [0.25, 0.3) is 11.4 Å². The first-order valence-corrected chi connectivity index (χ1v) is 11.4. The minimum Gasteiger partial charge on any atom is -0.489 e. The summed E-state index contributed by atoms with van der Waals surface area (Å²) in [7, 11) is 0. The maximum atomic E-state index is 12.5. The zero-order valence-corrected chi connectivity index (χ0v) is 19.6. The highest BCUT2D eigenvalue weighted by atomic mass is 35.5. The van der Waals surface area contributed by atoms with Gasteiger partial charge in [0.15, 0.2) is 12.5 Å². The third kappa shape index (κ3) is 4.98. The molecule has 0 saturated carbocycles. The van der Waals surface area contributed by atoms with E-state index in [4.69, 9.17) is 27.9 Å². The summed E-state index contributed by atoms with van der Waals surface area (Å²) in [6.45, 7) is 3.90. The molecule has 0 radical (unpaired) electrons. The van der Waals surface area contributed by atoms with Crippen LogP contribution in [0.1, 0.15) is 11.9 Å². The van der Waals surface area contributed by atoms with Gasteiger partial charge in [0.05, 0.1) is 21.4 Å². The number of anilines is 1. The Morgan fingerprint density at radius 1 is 1.18 bits per heavy atom. The highest BCUT2D eigenvalue weighted by molar-refractivity contribution is 6.33. The fourth-order valence-electron chi connectivity index (χ4n) is 3.91. The highest BCUT2D eigenvalue weighted by Crippen LogP contribution is 2.32. The van der Waals surface area contributed by atoms with Crippen LogP contribution in [0.15, 0.2) is 42.6 Å². The first kappa shape index (κ1) is 23.5. The predicted octanol–water partition coefficient (Wildman–Crippen LogP) is 4.43. The van der Waals surface area contributed by atoms with Crippen LogP contribution in [-0.4, -0.2) is 65.4 Å². The number of carbonyl (C=O) groups is 1. The standard InChI is InChI=1S/C23H24Cl2FN5O2/c1-16-22(25)23(19-4-2-3-8-27-19)28-31(16)21(15-32)30-11-9-29(10-12-30)17-5-6-18(24)20(14-17)33-13-7-26/h2-6,8,14-15,21H,7,9-13H2,1H3. The zero-order chi connectivity index (χ0) is 23.4. The minimum atomic E-state index is -0.578. The van der Waals surface area contributed by atoms with Gasteiger partial charge in [0, 0.05) is 44.1 Å². The molecule has 1 aliphatic heterocycles. The summed E-state index contributed by atoms with van der Waals surface area (Å²) < 4.78 is 19.5. The van der Waals surface area contributed by atoms with E-state index >= 15 is 0 Å². The second-order valence-corrected chi connectivity index (χ2v) is 8.42. The molecular weight excluding hydrogens is 468 g/mol. The van der Waals surface area contributed by atoms with E-state index < -0.39 is 12.8 Å². The number of pyridine rings is 1. The van der Waals surface area contributed by atoms with E-state index in [-0.39, 0.29) is 6.61 Å². The molecule has 1 aliphatic rings. The Labute approximate surface area is 201 Å². The lowest BCUT2D eigenvalue weighted by Crippen LogP contribution is -2.49. The molecule has 0 spiro atoms. The van der Waals surface area contributed by atoms with Crippen LogP contribution >= 0.6 is 23.2 Å². The number of ether oxygens (including phenoxy) is 1. The molecule has 1 fully saturated rings. The zero-order valence-electron chi connectivity index (χ0n) is 18.1. The number of carbonyl (C=O) groups excluding carboxylic acids is 1. The maximum absolute atomic E-state index is 12.5. The molecule has 0 bridgehead atoms. The average molecular weight is 492 g/mol. The van der Waals surface area contributed by atoms with Gasteiger partial charge in [0.2, 0.25) is 0 Å². The van der Waals surface area contributed by atoms with E-state index in [1.54, 1.807) is 16.9 Å². The number of hydrogen-bond acceptors (Lipinski definition) is 6.